The zero-order chi connectivity index (χ0) is 40.4. The van der Waals surface area contributed by atoms with E-state index >= 15 is 0 Å². The Balaban J connectivity index is 1.11. The number of nitrogens with zero attached hydrogens (tertiary/aromatic N) is 2. The minimum Gasteiger partial charge on any atom is -0.311 e. The Morgan fingerprint density at radius 1 is 0.310 bits per heavy atom. The van der Waals surface area contributed by atoms with Crippen LogP contribution in [0.15, 0.2) is 170 Å². The molecule has 0 bridgehead atoms. The Hall–Kier alpha value is -5.86. The highest BCUT2D eigenvalue weighted by Crippen LogP contribution is 2.39. The number of benzene rings is 7. The van der Waals surface area contributed by atoms with Crippen LogP contribution in [0, 0.1) is 0 Å². The first-order valence-electron chi connectivity index (χ1n) is 21.6. The van der Waals surface area contributed by atoms with Crippen LogP contribution in [0.5, 0.6) is 0 Å². The summed E-state index contributed by atoms with van der Waals surface area (Å²) in [5, 5.41) is 0. The molecule has 0 unspecified atom stereocenters. The summed E-state index contributed by atoms with van der Waals surface area (Å²) in [5.41, 5.74) is 17.3. The molecule has 294 valence electrons. The Morgan fingerprint density at radius 2 is 0.534 bits per heavy atom. The van der Waals surface area contributed by atoms with Crippen molar-refractivity contribution in [2.24, 2.45) is 0 Å². The molecule has 0 saturated carbocycles. The van der Waals surface area contributed by atoms with Gasteiger partial charge in [-0.25, -0.2) is 0 Å². The maximum atomic E-state index is 2.37. The average Bonchev–Trinajstić information content (AvgIpc) is 3.27. The van der Waals surface area contributed by atoms with Crippen LogP contribution in [0.25, 0.3) is 22.3 Å². The summed E-state index contributed by atoms with van der Waals surface area (Å²) in [4.78, 5) is 4.74. The molecule has 0 saturated heterocycles. The van der Waals surface area contributed by atoms with Crippen LogP contribution in [0.3, 0.4) is 0 Å². The van der Waals surface area contributed by atoms with Gasteiger partial charge in [0.05, 0.1) is 0 Å². The predicted octanol–water partition coefficient (Wildman–Crippen LogP) is 16.9. The standard InChI is InChI=1S/C56H60N2/c1-7-9-11-43-13-29-51(30-14-43)57(53-33-21-45(22-34-53)41(3)4)55-37-25-49(26-38-55)47-17-19-48(20-18-47)50-27-39-56(40-28-50)58(54-35-23-46(24-36-54)42(5)6)52-31-15-44(16-32-52)12-10-8-2/h13-42H,7-12H2,1-6H3. The van der Waals surface area contributed by atoms with Crippen molar-refractivity contribution < 1.29 is 0 Å². The van der Waals surface area contributed by atoms with E-state index in [2.05, 4.69) is 221 Å². The first-order chi connectivity index (χ1) is 28.3. The van der Waals surface area contributed by atoms with Gasteiger partial charge in [-0.1, -0.05) is 151 Å². The third kappa shape index (κ3) is 9.63. The largest absolute Gasteiger partial charge is 0.311 e. The molecule has 0 radical (unpaired) electrons. The number of hydrogen-bond donors (Lipinski definition) is 0. The van der Waals surface area contributed by atoms with Gasteiger partial charge < -0.3 is 9.80 Å². The van der Waals surface area contributed by atoms with E-state index < -0.39 is 0 Å². The second kappa shape index (κ2) is 19.1. The molecule has 0 amide bonds. The minimum atomic E-state index is 0.497. The molecule has 0 atom stereocenters. The van der Waals surface area contributed by atoms with E-state index in [0.29, 0.717) is 11.8 Å². The lowest BCUT2D eigenvalue weighted by atomic mass is 9.99. The smallest absolute Gasteiger partial charge is 0.0462 e. The number of anilines is 6. The van der Waals surface area contributed by atoms with Gasteiger partial charge in [-0.05, 0) is 155 Å². The highest BCUT2D eigenvalue weighted by molar-refractivity contribution is 5.81. The summed E-state index contributed by atoms with van der Waals surface area (Å²) in [7, 11) is 0. The second-order valence-corrected chi connectivity index (χ2v) is 16.4. The Morgan fingerprint density at radius 3 is 0.776 bits per heavy atom. The van der Waals surface area contributed by atoms with Gasteiger partial charge in [-0.2, -0.15) is 0 Å². The van der Waals surface area contributed by atoms with Crippen molar-refractivity contribution in [3.05, 3.63) is 192 Å². The molecule has 2 heteroatoms. The molecule has 0 aliphatic heterocycles. The highest BCUT2D eigenvalue weighted by Gasteiger charge is 2.16. The normalized spacial score (nSPS) is 11.3. The molecule has 7 aromatic rings. The first-order valence-corrected chi connectivity index (χ1v) is 21.6. The van der Waals surface area contributed by atoms with Gasteiger partial charge in [-0.3, -0.25) is 0 Å². The molecule has 0 aliphatic carbocycles. The van der Waals surface area contributed by atoms with Crippen LogP contribution < -0.4 is 9.80 Å². The van der Waals surface area contributed by atoms with E-state index in [1.54, 1.807) is 0 Å². The Labute approximate surface area is 348 Å². The van der Waals surface area contributed by atoms with E-state index in [1.807, 2.05) is 0 Å². The maximum Gasteiger partial charge on any atom is 0.0462 e. The monoisotopic (exact) mass is 760 g/mol. The molecule has 7 rings (SSSR count). The summed E-state index contributed by atoms with van der Waals surface area (Å²) in [6.07, 6.45) is 7.10. The van der Waals surface area contributed by atoms with Gasteiger partial charge in [0, 0.05) is 34.1 Å². The predicted molar refractivity (Wildman–Crippen MR) is 252 cm³/mol. The fourth-order valence-electron chi connectivity index (χ4n) is 7.76. The SMILES string of the molecule is CCCCc1ccc(N(c2ccc(-c3ccc(-c4ccc(N(c5ccc(CCCC)cc5)c5ccc(C(C)C)cc5)cc4)cc3)cc2)c2ccc(C(C)C)cc2)cc1. The molecule has 7 aromatic carbocycles. The third-order valence-electron chi connectivity index (χ3n) is 11.5. The molecular weight excluding hydrogens is 701 g/mol. The van der Waals surface area contributed by atoms with E-state index in [-0.39, 0.29) is 0 Å². The topological polar surface area (TPSA) is 6.48 Å². The van der Waals surface area contributed by atoms with E-state index in [1.165, 1.54) is 92.9 Å². The molecular formula is C56H60N2. The van der Waals surface area contributed by atoms with Crippen molar-refractivity contribution in [1.82, 2.24) is 0 Å². The average molecular weight is 761 g/mol. The second-order valence-electron chi connectivity index (χ2n) is 16.4. The zero-order valence-corrected chi connectivity index (χ0v) is 35.5. The van der Waals surface area contributed by atoms with Crippen LogP contribution in [0.2, 0.25) is 0 Å². The van der Waals surface area contributed by atoms with E-state index in [4.69, 9.17) is 0 Å². The van der Waals surface area contributed by atoms with E-state index in [0.717, 1.165) is 24.2 Å². The maximum absolute atomic E-state index is 2.37. The molecule has 0 aromatic heterocycles. The highest BCUT2D eigenvalue weighted by atomic mass is 15.1. The van der Waals surface area contributed by atoms with Crippen LogP contribution in [0.1, 0.15) is 101 Å². The quantitative estimate of drug-likeness (QED) is 0.0968. The lowest BCUT2D eigenvalue weighted by Crippen LogP contribution is -2.10. The number of aryl methyl sites for hydroxylation is 2. The van der Waals surface area contributed by atoms with Crippen molar-refractivity contribution >= 4 is 34.1 Å². The fraction of sp³-hybridized carbons (Fsp3) is 0.250. The Bertz CT molecular complexity index is 2130. The van der Waals surface area contributed by atoms with Gasteiger partial charge in [0.25, 0.3) is 0 Å². The van der Waals surface area contributed by atoms with Crippen molar-refractivity contribution in [1.29, 1.82) is 0 Å². The van der Waals surface area contributed by atoms with Crippen molar-refractivity contribution in [2.45, 2.75) is 91.9 Å². The van der Waals surface area contributed by atoms with Gasteiger partial charge in [0.1, 0.15) is 0 Å². The first kappa shape index (κ1) is 40.3. The summed E-state index contributed by atoms with van der Waals surface area (Å²) >= 11 is 0. The van der Waals surface area contributed by atoms with Crippen LogP contribution in [0.4, 0.5) is 34.1 Å². The summed E-state index contributed by atoms with van der Waals surface area (Å²) in [6.45, 7) is 13.5. The molecule has 2 nitrogen and oxygen atoms in total. The molecule has 0 heterocycles. The zero-order valence-electron chi connectivity index (χ0n) is 35.5. The van der Waals surface area contributed by atoms with Gasteiger partial charge >= 0.3 is 0 Å². The molecule has 0 fully saturated rings. The number of hydrogen-bond acceptors (Lipinski definition) is 2. The lowest BCUT2D eigenvalue weighted by molar-refractivity contribution is 0.795. The Kier molecular flexibility index (Phi) is 13.3. The molecule has 0 N–H and O–H groups in total. The third-order valence-corrected chi connectivity index (χ3v) is 11.5. The van der Waals surface area contributed by atoms with Gasteiger partial charge in [-0.15, -0.1) is 0 Å². The van der Waals surface area contributed by atoms with Crippen molar-refractivity contribution in [2.75, 3.05) is 9.80 Å². The van der Waals surface area contributed by atoms with Gasteiger partial charge in [0.15, 0.2) is 0 Å². The van der Waals surface area contributed by atoms with Crippen molar-refractivity contribution in [3.63, 3.8) is 0 Å². The van der Waals surface area contributed by atoms with E-state index in [9.17, 15) is 0 Å². The van der Waals surface area contributed by atoms with Gasteiger partial charge in [0.2, 0.25) is 0 Å². The summed E-state index contributed by atoms with van der Waals surface area (Å²) in [6, 6.07) is 63.4. The van der Waals surface area contributed by atoms with Crippen LogP contribution in [-0.2, 0) is 12.8 Å². The van der Waals surface area contributed by atoms with Crippen molar-refractivity contribution in [3.8, 4) is 22.3 Å². The van der Waals surface area contributed by atoms with Crippen LogP contribution >= 0.6 is 0 Å². The summed E-state index contributed by atoms with van der Waals surface area (Å²) < 4.78 is 0. The number of rotatable bonds is 16. The molecule has 0 spiro atoms. The summed E-state index contributed by atoms with van der Waals surface area (Å²) in [5.74, 6) is 0.995. The fourth-order valence-corrected chi connectivity index (χ4v) is 7.76. The molecule has 0 aliphatic rings. The lowest BCUT2D eigenvalue weighted by Gasteiger charge is -2.26. The molecule has 58 heavy (non-hydrogen) atoms. The number of unbranched alkanes of at least 4 members (excludes halogenated alkanes) is 2. The van der Waals surface area contributed by atoms with Crippen LogP contribution in [-0.4, -0.2) is 0 Å². The minimum absolute atomic E-state index is 0.497.